The first kappa shape index (κ1) is 17.9. The number of pyridine rings is 1. The van der Waals surface area contributed by atoms with Crippen LogP contribution in [0, 0.1) is 11.3 Å². The molecule has 3 heterocycles. The van der Waals surface area contributed by atoms with Crippen molar-refractivity contribution < 1.29 is 13.2 Å². The van der Waals surface area contributed by atoms with Crippen LogP contribution in [0.1, 0.15) is 25.7 Å². The number of piperazine rings is 1. The first-order chi connectivity index (χ1) is 12.5. The van der Waals surface area contributed by atoms with Crippen LogP contribution in [-0.2, 0) is 14.8 Å². The number of fused-ring (bicyclic) bond motifs is 1. The number of amides is 1. The molecular weight excluding hydrogens is 352 g/mol. The Morgan fingerprint density at radius 3 is 2.77 bits per heavy atom. The van der Waals surface area contributed by atoms with E-state index in [1.165, 1.54) is 16.9 Å². The summed E-state index contributed by atoms with van der Waals surface area (Å²) >= 11 is 0. The molecular formula is C18H26N4O3S. The molecule has 2 aliphatic heterocycles. The van der Waals surface area contributed by atoms with Crippen LogP contribution in [0.25, 0.3) is 0 Å². The maximum atomic E-state index is 13.3. The molecule has 0 aromatic carbocycles. The summed E-state index contributed by atoms with van der Waals surface area (Å²) in [4.78, 5) is 19.3. The van der Waals surface area contributed by atoms with Gasteiger partial charge in [0.2, 0.25) is 15.9 Å². The lowest BCUT2D eigenvalue weighted by Gasteiger charge is -2.43. The summed E-state index contributed by atoms with van der Waals surface area (Å²) in [7, 11) is -3.53. The van der Waals surface area contributed by atoms with E-state index in [1.807, 2.05) is 4.90 Å². The number of rotatable bonds is 3. The molecule has 1 aromatic heterocycles. The van der Waals surface area contributed by atoms with Gasteiger partial charge in [-0.3, -0.25) is 9.78 Å². The molecule has 0 bridgehead atoms. The van der Waals surface area contributed by atoms with Gasteiger partial charge in [0.15, 0.2) is 0 Å². The highest BCUT2D eigenvalue weighted by molar-refractivity contribution is 7.89. The van der Waals surface area contributed by atoms with E-state index in [0.717, 1.165) is 32.4 Å². The van der Waals surface area contributed by atoms with Gasteiger partial charge in [-0.15, -0.1) is 0 Å². The number of nitrogens with zero attached hydrogens (tertiary/aromatic N) is 3. The van der Waals surface area contributed by atoms with Gasteiger partial charge in [-0.05, 0) is 37.4 Å². The maximum absolute atomic E-state index is 13.3. The summed E-state index contributed by atoms with van der Waals surface area (Å²) in [6.45, 7) is 3.32. The molecule has 4 rings (SSSR count). The first-order valence-corrected chi connectivity index (χ1v) is 10.9. The van der Waals surface area contributed by atoms with Gasteiger partial charge in [0.1, 0.15) is 4.90 Å². The van der Waals surface area contributed by atoms with E-state index in [4.69, 9.17) is 0 Å². The lowest BCUT2D eigenvalue weighted by atomic mass is 9.67. The van der Waals surface area contributed by atoms with Crippen molar-refractivity contribution >= 4 is 15.9 Å². The van der Waals surface area contributed by atoms with E-state index in [9.17, 15) is 13.2 Å². The van der Waals surface area contributed by atoms with Crippen molar-refractivity contribution in [1.82, 2.24) is 19.5 Å². The third-order valence-electron chi connectivity index (χ3n) is 6.26. The summed E-state index contributed by atoms with van der Waals surface area (Å²) in [5.41, 5.74) is -0.261. The quantitative estimate of drug-likeness (QED) is 0.837. The zero-order chi connectivity index (χ0) is 18.2. The van der Waals surface area contributed by atoms with E-state index in [1.54, 1.807) is 18.3 Å². The summed E-state index contributed by atoms with van der Waals surface area (Å²) in [6, 6.07) is 3.19. The van der Waals surface area contributed by atoms with Gasteiger partial charge in [0.05, 0.1) is 5.41 Å². The summed E-state index contributed by atoms with van der Waals surface area (Å²) < 4.78 is 26.9. The topological polar surface area (TPSA) is 82.6 Å². The molecule has 26 heavy (non-hydrogen) atoms. The highest BCUT2D eigenvalue weighted by Crippen LogP contribution is 2.45. The minimum atomic E-state index is -3.53. The minimum absolute atomic E-state index is 0.214. The van der Waals surface area contributed by atoms with Crippen molar-refractivity contribution in [2.45, 2.75) is 30.6 Å². The van der Waals surface area contributed by atoms with Crippen LogP contribution in [0.4, 0.5) is 0 Å². The second-order valence-corrected chi connectivity index (χ2v) is 9.55. The number of nitrogens with one attached hydrogen (secondary N) is 1. The monoisotopic (exact) mass is 378 g/mol. The van der Waals surface area contributed by atoms with Crippen molar-refractivity contribution in [3.63, 3.8) is 0 Å². The second-order valence-electron chi connectivity index (χ2n) is 7.61. The van der Waals surface area contributed by atoms with E-state index in [2.05, 4.69) is 10.3 Å². The number of carbonyl (C=O) groups is 1. The van der Waals surface area contributed by atoms with Crippen molar-refractivity contribution in [3.05, 3.63) is 24.5 Å². The second kappa shape index (κ2) is 6.90. The fourth-order valence-electron chi connectivity index (χ4n) is 4.76. The van der Waals surface area contributed by atoms with Crippen LogP contribution in [0.5, 0.6) is 0 Å². The number of hydrogen-bond acceptors (Lipinski definition) is 5. The van der Waals surface area contributed by atoms with E-state index in [0.29, 0.717) is 32.1 Å². The van der Waals surface area contributed by atoms with Gasteiger partial charge in [0, 0.05) is 45.1 Å². The van der Waals surface area contributed by atoms with Crippen LogP contribution in [0.2, 0.25) is 0 Å². The molecule has 0 unspecified atom stereocenters. The zero-order valence-electron chi connectivity index (χ0n) is 14.9. The molecule has 142 valence electrons. The SMILES string of the molecule is O=C(N1CCN(S(=O)(=O)c2cccnc2)CC1)[C@@]12CCCC[C@H]1CNC2. The highest BCUT2D eigenvalue weighted by Gasteiger charge is 2.51. The van der Waals surface area contributed by atoms with Gasteiger partial charge in [0.25, 0.3) is 0 Å². The normalized spacial score (nSPS) is 30.2. The fraction of sp³-hybridized carbons (Fsp3) is 0.667. The number of carbonyl (C=O) groups excluding carboxylic acids is 1. The Morgan fingerprint density at radius 2 is 2.04 bits per heavy atom. The smallest absolute Gasteiger partial charge is 0.244 e. The van der Waals surface area contributed by atoms with E-state index < -0.39 is 10.0 Å². The predicted octanol–water partition coefficient (Wildman–Crippen LogP) is 0.694. The molecule has 2 atom stereocenters. The Bertz CT molecular complexity index is 762. The van der Waals surface area contributed by atoms with Crippen molar-refractivity contribution in [3.8, 4) is 0 Å². The summed E-state index contributed by atoms with van der Waals surface area (Å²) in [5.74, 6) is 0.659. The molecule has 1 amide bonds. The average molecular weight is 378 g/mol. The summed E-state index contributed by atoms with van der Waals surface area (Å²) in [6.07, 6.45) is 7.33. The van der Waals surface area contributed by atoms with E-state index >= 15 is 0 Å². The lowest BCUT2D eigenvalue weighted by Crippen LogP contribution is -2.56. The Hall–Kier alpha value is -1.51. The third kappa shape index (κ3) is 2.93. The Labute approximate surface area is 154 Å². The molecule has 2 saturated heterocycles. The Kier molecular flexibility index (Phi) is 4.75. The van der Waals surface area contributed by atoms with Crippen LogP contribution >= 0.6 is 0 Å². The molecule has 8 heteroatoms. The van der Waals surface area contributed by atoms with Gasteiger partial charge >= 0.3 is 0 Å². The standard InChI is InChI=1S/C18H26N4O3S/c23-17(18-6-2-1-4-15(18)12-20-14-18)21-8-10-22(11-9-21)26(24,25)16-5-3-7-19-13-16/h3,5,7,13,15,20H,1-2,4,6,8-12,14H2/t15-,18+/m0/s1. The molecule has 1 aliphatic carbocycles. The predicted molar refractivity (Wildman–Crippen MR) is 96.8 cm³/mol. The van der Waals surface area contributed by atoms with Crippen molar-refractivity contribution in [2.24, 2.45) is 11.3 Å². The van der Waals surface area contributed by atoms with Gasteiger partial charge in [-0.1, -0.05) is 12.8 Å². The van der Waals surface area contributed by atoms with Crippen molar-refractivity contribution in [2.75, 3.05) is 39.3 Å². The zero-order valence-corrected chi connectivity index (χ0v) is 15.7. The molecule has 7 nitrogen and oxygen atoms in total. The van der Waals surface area contributed by atoms with Gasteiger partial charge in [-0.25, -0.2) is 8.42 Å². The summed E-state index contributed by atoms with van der Waals surface area (Å²) in [5, 5.41) is 3.42. The number of hydrogen-bond donors (Lipinski definition) is 1. The molecule has 3 aliphatic rings. The Balaban J connectivity index is 1.45. The molecule has 1 saturated carbocycles. The van der Waals surface area contributed by atoms with Crippen LogP contribution in [0.15, 0.2) is 29.4 Å². The van der Waals surface area contributed by atoms with Crippen LogP contribution in [-0.4, -0.2) is 67.8 Å². The fourth-order valence-corrected chi connectivity index (χ4v) is 6.15. The molecule has 1 N–H and O–H groups in total. The third-order valence-corrected chi connectivity index (χ3v) is 8.14. The largest absolute Gasteiger partial charge is 0.340 e. The molecule has 0 radical (unpaired) electrons. The van der Waals surface area contributed by atoms with Gasteiger partial charge in [-0.2, -0.15) is 4.31 Å². The number of aromatic nitrogens is 1. The average Bonchev–Trinajstić information content (AvgIpc) is 3.13. The van der Waals surface area contributed by atoms with E-state index in [-0.39, 0.29) is 16.2 Å². The van der Waals surface area contributed by atoms with Crippen molar-refractivity contribution in [1.29, 1.82) is 0 Å². The molecule has 3 fully saturated rings. The van der Waals surface area contributed by atoms with Crippen LogP contribution < -0.4 is 5.32 Å². The van der Waals surface area contributed by atoms with Gasteiger partial charge < -0.3 is 10.2 Å². The lowest BCUT2D eigenvalue weighted by molar-refractivity contribution is -0.146. The molecule has 0 spiro atoms. The maximum Gasteiger partial charge on any atom is 0.244 e. The first-order valence-electron chi connectivity index (χ1n) is 9.44. The van der Waals surface area contributed by atoms with Crippen LogP contribution in [0.3, 0.4) is 0 Å². The highest BCUT2D eigenvalue weighted by atomic mass is 32.2. The number of sulfonamides is 1. The minimum Gasteiger partial charge on any atom is -0.340 e. The Morgan fingerprint density at radius 1 is 1.23 bits per heavy atom. The molecule has 1 aromatic rings.